The molecule has 106 valence electrons. The lowest BCUT2D eigenvalue weighted by Gasteiger charge is -2.31. The molecule has 6 nitrogen and oxygen atoms in total. The largest absolute Gasteiger partial charge is 0.386 e. The summed E-state index contributed by atoms with van der Waals surface area (Å²) in [6, 6.07) is 0. The van der Waals surface area contributed by atoms with Crippen molar-refractivity contribution < 1.29 is 18.3 Å². The molecule has 2 rings (SSSR count). The van der Waals surface area contributed by atoms with Crippen LogP contribution in [0.15, 0.2) is 0 Å². The summed E-state index contributed by atoms with van der Waals surface area (Å²) >= 11 is 0. The Kier molecular flexibility index (Phi) is 4.28. The Morgan fingerprint density at radius 3 is 2.94 bits per heavy atom. The van der Waals surface area contributed by atoms with Gasteiger partial charge >= 0.3 is 0 Å². The van der Waals surface area contributed by atoms with Crippen LogP contribution in [0.1, 0.15) is 26.2 Å². The van der Waals surface area contributed by atoms with Crippen molar-refractivity contribution in [3.8, 4) is 0 Å². The summed E-state index contributed by atoms with van der Waals surface area (Å²) in [7, 11) is -3.47. The van der Waals surface area contributed by atoms with Crippen LogP contribution >= 0.6 is 0 Å². The molecule has 0 aromatic rings. The SMILES string of the molecule is CC1CCCN(S(=O)(=O)NCC2(O)CCOC2)C1. The second kappa shape index (κ2) is 5.42. The first-order valence-electron chi connectivity index (χ1n) is 6.46. The normalized spacial score (nSPS) is 34.9. The summed E-state index contributed by atoms with van der Waals surface area (Å²) in [4.78, 5) is 0. The van der Waals surface area contributed by atoms with E-state index in [-0.39, 0.29) is 13.2 Å². The highest BCUT2D eigenvalue weighted by Crippen LogP contribution is 2.20. The van der Waals surface area contributed by atoms with Crippen molar-refractivity contribution in [3.05, 3.63) is 0 Å². The fourth-order valence-corrected chi connectivity index (χ4v) is 3.87. The molecule has 0 spiro atoms. The van der Waals surface area contributed by atoms with E-state index >= 15 is 0 Å². The summed E-state index contributed by atoms with van der Waals surface area (Å²) < 4.78 is 33.2. The zero-order valence-corrected chi connectivity index (χ0v) is 11.6. The summed E-state index contributed by atoms with van der Waals surface area (Å²) in [5, 5.41) is 10.0. The van der Waals surface area contributed by atoms with E-state index in [2.05, 4.69) is 11.6 Å². The first kappa shape index (κ1) is 14.2. The smallest absolute Gasteiger partial charge is 0.279 e. The molecule has 18 heavy (non-hydrogen) atoms. The Labute approximate surface area is 108 Å². The molecule has 2 saturated heterocycles. The molecule has 2 heterocycles. The van der Waals surface area contributed by atoms with Gasteiger partial charge in [0.2, 0.25) is 0 Å². The topological polar surface area (TPSA) is 78.9 Å². The van der Waals surface area contributed by atoms with Gasteiger partial charge < -0.3 is 9.84 Å². The molecule has 0 aromatic heterocycles. The Morgan fingerprint density at radius 2 is 2.33 bits per heavy atom. The van der Waals surface area contributed by atoms with E-state index in [9.17, 15) is 13.5 Å². The van der Waals surface area contributed by atoms with Gasteiger partial charge in [0.25, 0.3) is 10.2 Å². The van der Waals surface area contributed by atoms with E-state index in [1.807, 2.05) is 0 Å². The maximum absolute atomic E-state index is 12.1. The Hall–Kier alpha value is -0.210. The van der Waals surface area contributed by atoms with Crippen LogP contribution in [0.3, 0.4) is 0 Å². The number of nitrogens with zero attached hydrogens (tertiary/aromatic N) is 1. The third-order valence-corrected chi connectivity index (χ3v) is 5.15. The van der Waals surface area contributed by atoms with E-state index in [1.54, 1.807) is 0 Å². The summed E-state index contributed by atoms with van der Waals surface area (Å²) in [5.41, 5.74) is -1.05. The van der Waals surface area contributed by atoms with Gasteiger partial charge in [0, 0.05) is 32.7 Å². The number of rotatable bonds is 4. The van der Waals surface area contributed by atoms with Crippen molar-refractivity contribution >= 4 is 10.2 Å². The molecule has 2 atom stereocenters. The third kappa shape index (κ3) is 3.42. The second-order valence-electron chi connectivity index (χ2n) is 5.46. The van der Waals surface area contributed by atoms with Crippen molar-refractivity contribution in [1.29, 1.82) is 0 Å². The lowest BCUT2D eigenvalue weighted by atomic mass is 10.0. The second-order valence-corrected chi connectivity index (χ2v) is 7.21. The van der Waals surface area contributed by atoms with E-state index in [4.69, 9.17) is 4.74 Å². The summed E-state index contributed by atoms with van der Waals surface area (Å²) in [6.07, 6.45) is 2.45. The number of aliphatic hydroxyl groups is 1. The van der Waals surface area contributed by atoms with Crippen LogP contribution in [-0.2, 0) is 14.9 Å². The van der Waals surface area contributed by atoms with E-state index < -0.39 is 15.8 Å². The average Bonchev–Trinajstić information content (AvgIpc) is 2.75. The summed E-state index contributed by atoms with van der Waals surface area (Å²) in [5.74, 6) is 0.397. The zero-order chi connectivity index (χ0) is 13.2. The van der Waals surface area contributed by atoms with E-state index in [0.717, 1.165) is 12.8 Å². The molecule has 0 aromatic carbocycles. The average molecular weight is 278 g/mol. The van der Waals surface area contributed by atoms with Gasteiger partial charge in [0.05, 0.1) is 6.61 Å². The van der Waals surface area contributed by atoms with Gasteiger partial charge in [-0.05, 0) is 18.8 Å². The highest BCUT2D eigenvalue weighted by Gasteiger charge is 2.35. The predicted molar refractivity (Wildman–Crippen MR) is 67.3 cm³/mol. The van der Waals surface area contributed by atoms with Crippen molar-refractivity contribution in [2.45, 2.75) is 31.8 Å². The molecular weight excluding hydrogens is 256 g/mol. The number of hydrogen-bond donors (Lipinski definition) is 2. The Balaban J connectivity index is 1.90. The van der Waals surface area contributed by atoms with Crippen molar-refractivity contribution in [1.82, 2.24) is 9.03 Å². The molecule has 7 heteroatoms. The van der Waals surface area contributed by atoms with Gasteiger partial charge in [-0.2, -0.15) is 17.4 Å². The molecule has 2 aliphatic heterocycles. The molecular formula is C11H22N2O4S. The highest BCUT2D eigenvalue weighted by molar-refractivity contribution is 7.87. The molecule has 0 aliphatic carbocycles. The summed E-state index contributed by atoms with van der Waals surface area (Å²) in [6.45, 7) is 3.89. The molecule has 2 N–H and O–H groups in total. The van der Waals surface area contributed by atoms with Crippen LogP contribution in [-0.4, -0.2) is 56.3 Å². The van der Waals surface area contributed by atoms with E-state index in [0.29, 0.717) is 32.0 Å². The lowest BCUT2D eigenvalue weighted by Crippen LogP contribution is -2.50. The molecule has 0 amide bonds. The van der Waals surface area contributed by atoms with Crippen LogP contribution < -0.4 is 4.72 Å². The van der Waals surface area contributed by atoms with Crippen molar-refractivity contribution in [2.24, 2.45) is 5.92 Å². The van der Waals surface area contributed by atoms with Crippen LogP contribution in [0.25, 0.3) is 0 Å². The molecule has 2 aliphatic rings. The van der Waals surface area contributed by atoms with Crippen LogP contribution in [0.4, 0.5) is 0 Å². The van der Waals surface area contributed by atoms with Gasteiger partial charge in [-0.3, -0.25) is 0 Å². The maximum Gasteiger partial charge on any atom is 0.279 e. The quantitative estimate of drug-likeness (QED) is 0.740. The standard InChI is InChI=1S/C11H22N2O4S/c1-10-3-2-5-13(7-10)18(15,16)12-8-11(14)4-6-17-9-11/h10,12,14H,2-9H2,1H3. The monoisotopic (exact) mass is 278 g/mol. The van der Waals surface area contributed by atoms with E-state index in [1.165, 1.54) is 4.31 Å². The van der Waals surface area contributed by atoms with Gasteiger partial charge in [0.1, 0.15) is 5.60 Å². The Morgan fingerprint density at radius 1 is 1.56 bits per heavy atom. The lowest BCUT2D eigenvalue weighted by molar-refractivity contribution is 0.0310. The molecule has 2 unspecified atom stereocenters. The number of ether oxygens (including phenoxy) is 1. The molecule has 0 radical (unpaired) electrons. The third-order valence-electron chi connectivity index (χ3n) is 3.63. The number of piperidine rings is 1. The van der Waals surface area contributed by atoms with Crippen LogP contribution in [0.5, 0.6) is 0 Å². The molecule has 2 fully saturated rings. The molecule has 0 saturated carbocycles. The van der Waals surface area contributed by atoms with Gasteiger partial charge in [-0.15, -0.1) is 0 Å². The highest BCUT2D eigenvalue weighted by atomic mass is 32.2. The van der Waals surface area contributed by atoms with Crippen LogP contribution in [0.2, 0.25) is 0 Å². The minimum Gasteiger partial charge on any atom is -0.386 e. The van der Waals surface area contributed by atoms with Crippen molar-refractivity contribution in [2.75, 3.05) is 32.8 Å². The van der Waals surface area contributed by atoms with Gasteiger partial charge in [-0.1, -0.05) is 6.92 Å². The predicted octanol–water partition coefficient (Wildman–Crippen LogP) is -0.296. The van der Waals surface area contributed by atoms with Gasteiger partial charge in [0.15, 0.2) is 0 Å². The first-order valence-corrected chi connectivity index (χ1v) is 7.90. The Bertz CT molecular complexity index is 379. The van der Waals surface area contributed by atoms with Crippen molar-refractivity contribution in [3.63, 3.8) is 0 Å². The minimum absolute atomic E-state index is 0.0280. The number of hydrogen-bond acceptors (Lipinski definition) is 4. The fraction of sp³-hybridized carbons (Fsp3) is 1.00. The molecule has 0 bridgehead atoms. The number of nitrogens with one attached hydrogen (secondary N) is 1. The fourth-order valence-electron chi connectivity index (χ4n) is 2.42. The van der Waals surface area contributed by atoms with Gasteiger partial charge in [-0.25, -0.2) is 0 Å². The maximum atomic E-state index is 12.1. The van der Waals surface area contributed by atoms with Crippen LogP contribution in [0, 0.1) is 5.92 Å². The first-order chi connectivity index (χ1) is 8.41. The zero-order valence-electron chi connectivity index (χ0n) is 10.8. The minimum atomic E-state index is -3.47.